The predicted molar refractivity (Wildman–Crippen MR) is 117 cm³/mol. The number of hydrogen-bond donors (Lipinski definition) is 0. The topological polar surface area (TPSA) is 50.7 Å². The van der Waals surface area contributed by atoms with Crippen molar-refractivity contribution in [3.8, 4) is 22.1 Å². The van der Waals surface area contributed by atoms with Crippen molar-refractivity contribution in [3.63, 3.8) is 0 Å². The fourth-order valence-corrected chi connectivity index (χ4v) is 4.35. The maximum Gasteiger partial charge on any atom is 0.132 e. The van der Waals surface area contributed by atoms with Crippen molar-refractivity contribution in [3.05, 3.63) is 52.6 Å². The number of piperazine rings is 1. The highest BCUT2D eigenvalue weighted by Gasteiger charge is 2.19. The summed E-state index contributed by atoms with van der Waals surface area (Å²) in [5.41, 5.74) is 2.07. The molecule has 0 aliphatic carbocycles. The van der Waals surface area contributed by atoms with Gasteiger partial charge in [0.25, 0.3) is 0 Å². The molecule has 0 spiro atoms. The molecule has 0 radical (unpaired) electrons. The number of aromatic nitrogens is 2. The van der Waals surface area contributed by atoms with E-state index in [-0.39, 0.29) is 0 Å². The molecule has 3 heterocycles. The van der Waals surface area contributed by atoms with Gasteiger partial charge in [-0.2, -0.15) is 0 Å². The number of methoxy groups -OCH3 is 2. The fraction of sp³-hybridized carbons (Fsp3) is 0.333. The van der Waals surface area contributed by atoms with Crippen LogP contribution in [0.2, 0.25) is 5.02 Å². The van der Waals surface area contributed by atoms with Crippen molar-refractivity contribution in [2.45, 2.75) is 6.54 Å². The molecule has 0 N–H and O–H groups in total. The van der Waals surface area contributed by atoms with Crippen LogP contribution in [-0.4, -0.2) is 55.3 Å². The van der Waals surface area contributed by atoms with Gasteiger partial charge in [0.2, 0.25) is 0 Å². The molecule has 0 atom stereocenters. The van der Waals surface area contributed by atoms with Crippen molar-refractivity contribution in [2.75, 3.05) is 45.3 Å². The first-order valence-corrected chi connectivity index (χ1v) is 10.7. The number of rotatable bonds is 6. The first-order chi connectivity index (χ1) is 14.2. The summed E-state index contributed by atoms with van der Waals surface area (Å²) in [6, 6.07) is 9.69. The minimum atomic E-state index is 0.667. The zero-order valence-corrected chi connectivity index (χ0v) is 18.0. The minimum Gasteiger partial charge on any atom is -0.497 e. The van der Waals surface area contributed by atoms with Gasteiger partial charge in [0, 0.05) is 50.4 Å². The summed E-state index contributed by atoms with van der Waals surface area (Å²) >= 11 is 7.58. The molecule has 6 nitrogen and oxygen atoms in total. The van der Waals surface area contributed by atoms with E-state index in [2.05, 4.69) is 20.2 Å². The van der Waals surface area contributed by atoms with Gasteiger partial charge in [-0.15, -0.1) is 11.3 Å². The van der Waals surface area contributed by atoms with Gasteiger partial charge in [0.1, 0.15) is 22.3 Å². The molecular weight excluding hydrogens is 408 g/mol. The molecule has 1 aromatic carbocycles. The smallest absolute Gasteiger partial charge is 0.132 e. The number of halogens is 1. The molecule has 29 heavy (non-hydrogen) atoms. The number of thiazole rings is 1. The Bertz CT molecular complexity index is 956. The summed E-state index contributed by atoms with van der Waals surface area (Å²) in [6.07, 6.45) is 1.70. The van der Waals surface area contributed by atoms with Gasteiger partial charge < -0.3 is 14.4 Å². The van der Waals surface area contributed by atoms with Crippen LogP contribution in [-0.2, 0) is 6.54 Å². The molecule has 1 fully saturated rings. The zero-order chi connectivity index (χ0) is 20.2. The van der Waals surface area contributed by atoms with Crippen LogP contribution in [0.5, 0.6) is 11.5 Å². The lowest BCUT2D eigenvalue weighted by Gasteiger charge is -2.35. The molecule has 1 saturated heterocycles. The van der Waals surface area contributed by atoms with Crippen LogP contribution in [0.1, 0.15) is 5.69 Å². The highest BCUT2D eigenvalue weighted by atomic mass is 35.5. The van der Waals surface area contributed by atoms with Crippen LogP contribution in [0.25, 0.3) is 10.6 Å². The lowest BCUT2D eigenvalue weighted by Crippen LogP contribution is -2.46. The molecule has 0 amide bonds. The standard InChI is InChI=1S/C21H23ClN4O2S/c1-27-17-4-5-18(19(11-17)28-2)21-24-16(14-29-21)13-25-7-9-26(10-8-25)20-6-3-15(22)12-23-20/h3-6,11-12,14H,7-10,13H2,1-2H3. The number of benzene rings is 1. The van der Waals surface area contributed by atoms with E-state index in [4.69, 9.17) is 26.1 Å². The van der Waals surface area contributed by atoms with Gasteiger partial charge in [-0.05, 0) is 24.3 Å². The molecule has 0 bridgehead atoms. The molecule has 1 aliphatic rings. The van der Waals surface area contributed by atoms with E-state index in [1.54, 1.807) is 31.8 Å². The second kappa shape index (κ2) is 8.98. The maximum atomic E-state index is 5.94. The summed E-state index contributed by atoms with van der Waals surface area (Å²) in [7, 11) is 3.32. The summed E-state index contributed by atoms with van der Waals surface area (Å²) in [6.45, 7) is 4.68. The second-order valence-electron chi connectivity index (χ2n) is 6.81. The SMILES string of the molecule is COc1ccc(-c2nc(CN3CCN(c4ccc(Cl)cn4)CC3)cs2)c(OC)c1. The first kappa shape index (κ1) is 19.9. The summed E-state index contributed by atoms with van der Waals surface area (Å²) in [5, 5.41) is 3.76. The van der Waals surface area contributed by atoms with Crippen LogP contribution in [0.15, 0.2) is 41.9 Å². The van der Waals surface area contributed by atoms with Crippen LogP contribution >= 0.6 is 22.9 Å². The van der Waals surface area contributed by atoms with Gasteiger partial charge in [-0.25, -0.2) is 9.97 Å². The van der Waals surface area contributed by atoms with Gasteiger partial charge in [-0.1, -0.05) is 11.6 Å². The number of pyridine rings is 1. The van der Waals surface area contributed by atoms with Crippen molar-refractivity contribution in [1.82, 2.24) is 14.9 Å². The third-order valence-corrected chi connectivity index (χ3v) is 6.13. The third kappa shape index (κ3) is 4.63. The lowest BCUT2D eigenvalue weighted by atomic mass is 10.2. The highest BCUT2D eigenvalue weighted by Crippen LogP contribution is 2.35. The Morgan fingerprint density at radius 1 is 1.07 bits per heavy atom. The fourth-order valence-electron chi connectivity index (χ4n) is 3.40. The largest absolute Gasteiger partial charge is 0.497 e. The number of nitrogens with zero attached hydrogens (tertiary/aromatic N) is 4. The van der Waals surface area contributed by atoms with Crippen molar-refractivity contribution >= 4 is 28.8 Å². The Morgan fingerprint density at radius 3 is 2.59 bits per heavy atom. The maximum absolute atomic E-state index is 5.94. The molecule has 1 aliphatic heterocycles. The van der Waals surface area contributed by atoms with E-state index < -0.39 is 0 Å². The van der Waals surface area contributed by atoms with Gasteiger partial charge in [0.05, 0.1) is 30.5 Å². The lowest BCUT2D eigenvalue weighted by molar-refractivity contribution is 0.247. The molecule has 8 heteroatoms. The van der Waals surface area contributed by atoms with E-state index in [0.717, 1.165) is 66.3 Å². The Morgan fingerprint density at radius 2 is 1.90 bits per heavy atom. The Kier molecular flexibility index (Phi) is 6.18. The van der Waals surface area contributed by atoms with Crippen LogP contribution in [0.3, 0.4) is 0 Å². The normalized spacial score (nSPS) is 14.8. The monoisotopic (exact) mass is 430 g/mol. The quantitative estimate of drug-likeness (QED) is 0.584. The Labute approximate surface area is 179 Å². The molecule has 0 saturated carbocycles. The zero-order valence-electron chi connectivity index (χ0n) is 16.5. The molecule has 3 aromatic rings. The molecule has 4 rings (SSSR count). The summed E-state index contributed by atoms with van der Waals surface area (Å²) in [5.74, 6) is 2.53. The van der Waals surface area contributed by atoms with Gasteiger partial charge in [0.15, 0.2) is 0 Å². The van der Waals surface area contributed by atoms with E-state index in [0.29, 0.717) is 5.02 Å². The molecular formula is C21H23ClN4O2S. The van der Waals surface area contributed by atoms with Gasteiger partial charge in [-0.3, -0.25) is 4.90 Å². The highest BCUT2D eigenvalue weighted by molar-refractivity contribution is 7.13. The van der Waals surface area contributed by atoms with Crippen LogP contribution in [0, 0.1) is 0 Å². The minimum absolute atomic E-state index is 0.667. The Balaban J connectivity index is 1.38. The van der Waals surface area contributed by atoms with Crippen LogP contribution in [0.4, 0.5) is 5.82 Å². The number of ether oxygens (including phenoxy) is 2. The Hall–Kier alpha value is -2.35. The molecule has 152 valence electrons. The molecule has 0 unspecified atom stereocenters. The number of hydrogen-bond acceptors (Lipinski definition) is 7. The third-order valence-electron chi connectivity index (χ3n) is 4.98. The van der Waals surface area contributed by atoms with Gasteiger partial charge >= 0.3 is 0 Å². The van der Waals surface area contributed by atoms with E-state index in [1.807, 2.05) is 30.3 Å². The van der Waals surface area contributed by atoms with E-state index >= 15 is 0 Å². The summed E-state index contributed by atoms with van der Waals surface area (Å²) < 4.78 is 10.8. The second-order valence-corrected chi connectivity index (χ2v) is 8.10. The van der Waals surface area contributed by atoms with E-state index in [9.17, 15) is 0 Å². The van der Waals surface area contributed by atoms with E-state index in [1.165, 1.54) is 0 Å². The van der Waals surface area contributed by atoms with Crippen LogP contribution < -0.4 is 14.4 Å². The average Bonchev–Trinajstić information content (AvgIpc) is 3.22. The summed E-state index contributed by atoms with van der Waals surface area (Å²) in [4.78, 5) is 14.0. The predicted octanol–water partition coefficient (Wildman–Crippen LogP) is 4.20. The average molecular weight is 431 g/mol. The number of anilines is 1. The first-order valence-electron chi connectivity index (χ1n) is 9.42. The van der Waals surface area contributed by atoms with Crippen molar-refractivity contribution in [1.29, 1.82) is 0 Å². The van der Waals surface area contributed by atoms with Crippen molar-refractivity contribution in [2.24, 2.45) is 0 Å². The molecule has 2 aromatic heterocycles. The van der Waals surface area contributed by atoms with Crippen molar-refractivity contribution < 1.29 is 9.47 Å².